The van der Waals surface area contributed by atoms with Crippen LogP contribution in [0.2, 0.25) is 0 Å². The largest absolute Gasteiger partial charge is 0.456 e. The number of para-hydroxylation sites is 3. The standard InChI is InChI=1S/C51H32N4O2/c1-4-14-34(15-5-1)49-52-50(35-16-6-2-7-17-35)54-51(53-49)43-30-36(31-47-48(43)42-21-11-13-23-45(42)57-47)33-24-26-38(27-25-33)55(37-18-8-3-9-19-37)39-28-29-41-40-20-10-12-22-44(40)56-46(41)32-39/h1-32H. The zero-order chi connectivity index (χ0) is 37.7. The molecule has 8 aromatic carbocycles. The molecule has 0 amide bonds. The summed E-state index contributed by atoms with van der Waals surface area (Å²) in [5.74, 6) is 1.79. The summed E-state index contributed by atoms with van der Waals surface area (Å²) in [6.07, 6.45) is 0. The van der Waals surface area contributed by atoms with Crippen LogP contribution in [0.3, 0.4) is 0 Å². The van der Waals surface area contributed by atoms with E-state index < -0.39 is 0 Å². The fourth-order valence-electron chi connectivity index (χ4n) is 7.81. The van der Waals surface area contributed by atoms with Crippen LogP contribution in [0, 0.1) is 0 Å². The number of aromatic nitrogens is 3. The Balaban J connectivity index is 1.06. The minimum absolute atomic E-state index is 0.578. The molecule has 0 unspecified atom stereocenters. The molecule has 3 aromatic heterocycles. The van der Waals surface area contributed by atoms with E-state index in [4.69, 9.17) is 23.8 Å². The molecule has 0 bridgehead atoms. The first kappa shape index (κ1) is 32.6. The van der Waals surface area contributed by atoms with Gasteiger partial charge in [-0.1, -0.05) is 127 Å². The van der Waals surface area contributed by atoms with Gasteiger partial charge in [0.1, 0.15) is 22.3 Å². The van der Waals surface area contributed by atoms with Crippen LogP contribution in [0.15, 0.2) is 203 Å². The molecule has 0 aliphatic heterocycles. The molecule has 6 nitrogen and oxygen atoms in total. The highest BCUT2D eigenvalue weighted by molar-refractivity contribution is 6.13. The van der Waals surface area contributed by atoms with Gasteiger partial charge in [-0.05, 0) is 71.8 Å². The lowest BCUT2D eigenvalue weighted by molar-refractivity contribution is 0.668. The van der Waals surface area contributed by atoms with Crippen LogP contribution in [0.1, 0.15) is 0 Å². The summed E-state index contributed by atoms with van der Waals surface area (Å²) in [7, 11) is 0. The second kappa shape index (κ2) is 13.5. The first-order valence-electron chi connectivity index (χ1n) is 18.9. The van der Waals surface area contributed by atoms with Gasteiger partial charge in [-0.15, -0.1) is 0 Å². The predicted octanol–water partition coefficient (Wildman–Crippen LogP) is 13.8. The van der Waals surface area contributed by atoms with Gasteiger partial charge < -0.3 is 13.7 Å². The Labute approximate surface area is 328 Å². The summed E-state index contributed by atoms with van der Waals surface area (Å²) in [5.41, 5.74) is 11.1. The Morgan fingerprint density at radius 1 is 0.316 bits per heavy atom. The van der Waals surface area contributed by atoms with Crippen molar-refractivity contribution < 1.29 is 8.83 Å². The number of rotatable bonds is 7. The van der Waals surface area contributed by atoms with Gasteiger partial charge in [0.15, 0.2) is 17.5 Å². The maximum atomic E-state index is 6.55. The molecule has 0 aliphatic carbocycles. The van der Waals surface area contributed by atoms with Crippen molar-refractivity contribution in [1.29, 1.82) is 0 Å². The van der Waals surface area contributed by atoms with Crippen molar-refractivity contribution in [2.24, 2.45) is 0 Å². The first-order valence-corrected chi connectivity index (χ1v) is 18.9. The van der Waals surface area contributed by atoms with Crippen molar-refractivity contribution in [2.75, 3.05) is 4.90 Å². The second-order valence-electron chi connectivity index (χ2n) is 14.0. The lowest BCUT2D eigenvalue weighted by Gasteiger charge is -2.25. The Morgan fingerprint density at radius 2 is 0.825 bits per heavy atom. The normalized spacial score (nSPS) is 11.5. The van der Waals surface area contributed by atoms with Gasteiger partial charge >= 0.3 is 0 Å². The number of hydrogen-bond donors (Lipinski definition) is 0. The van der Waals surface area contributed by atoms with Crippen molar-refractivity contribution in [1.82, 2.24) is 15.0 Å². The summed E-state index contributed by atoms with van der Waals surface area (Å²) in [4.78, 5) is 17.5. The van der Waals surface area contributed by atoms with E-state index in [0.29, 0.717) is 17.5 Å². The summed E-state index contributed by atoms with van der Waals surface area (Å²) in [5, 5.41) is 4.18. The molecule has 0 fully saturated rings. The van der Waals surface area contributed by atoms with E-state index in [2.05, 4.69) is 95.9 Å². The fraction of sp³-hybridized carbons (Fsp3) is 0. The van der Waals surface area contributed by atoms with Crippen LogP contribution in [-0.2, 0) is 0 Å². The van der Waals surface area contributed by atoms with Crippen molar-refractivity contribution in [3.05, 3.63) is 194 Å². The van der Waals surface area contributed by atoms with Crippen molar-refractivity contribution in [3.8, 4) is 45.3 Å². The molecule has 0 saturated carbocycles. The minimum Gasteiger partial charge on any atom is -0.456 e. The van der Waals surface area contributed by atoms with E-state index in [1.165, 1.54) is 0 Å². The van der Waals surface area contributed by atoms with Crippen LogP contribution in [-0.4, -0.2) is 15.0 Å². The maximum absolute atomic E-state index is 6.55. The zero-order valence-corrected chi connectivity index (χ0v) is 30.6. The van der Waals surface area contributed by atoms with Gasteiger partial charge in [-0.25, -0.2) is 15.0 Å². The summed E-state index contributed by atoms with van der Waals surface area (Å²) in [6.45, 7) is 0. The van der Waals surface area contributed by atoms with Crippen LogP contribution < -0.4 is 4.90 Å². The Bertz CT molecular complexity index is 3170. The fourth-order valence-corrected chi connectivity index (χ4v) is 7.81. The number of furan rings is 2. The summed E-state index contributed by atoms with van der Waals surface area (Å²) in [6, 6.07) is 66.3. The van der Waals surface area contributed by atoms with Crippen molar-refractivity contribution >= 4 is 60.9 Å². The molecule has 3 heterocycles. The quantitative estimate of drug-likeness (QED) is 0.162. The van der Waals surface area contributed by atoms with Crippen LogP contribution in [0.25, 0.3) is 89.2 Å². The lowest BCUT2D eigenvalue weighted by atomic mass is 9.97. The Hall–Kier alpha value is -7.83. The smallest absolute Gasteiger partial charge is 0.164 e. The van der Waals surface area contributed by atoms with Gasteiger partial charge in [-0.3, -0.25) is 0 Å². The average Bonchev–Trinajstić information content (AvgIpc) is 3.85. The predicted molar refractivity (Wildman–Crippen MR) is 231 cm³/mol. The molecular weight excluding hydrogens is 701 g/mol. The first-order chi connectivity index (χ1) is 28.2. The maximum Gasteiger partial charge on any atom is 0.164 e. The number of anilines is 3. The SMILES string of the molecule is c1ccc(-c2nc(-c3ccccc3)nc(-c3cc(-c4ccc(N(c5ccccc5)c5ccc6c(c5)oc5ccccc56)cc4)cc4oc5ccccc5c34)n2)cc1. The third-order valence-corrected chi connectivity index (χ3v) is 10.5. The average molecular weight is 733 g/mol. The van der Waals surface area contributed by atoms with E-state index in [1.807, 2.05) is 103 Å². The third-order valence-electron chi connectivity index (χ3n) is 10.5. The zero-order valence-electron chi connectivity index (χ0n) is 30.6. The molecule has 11 aromatic rings. The summed E-state index contributed by atoms with van der Waals surface area (Å²) >= 11 is 0. The molecule has 0 saturated heterocycles. The van der Waals surface area contributed by atoms with Gasteiger partial charge in [0, 0.05) is 61.4 Å². The molecule has 0 N–H and O–H groups in total. The number of benzene rings is 8. The van der Waals surface area contributed by atoms with E-state index in [-0.39, 0.29) is 0 Å². The van der Waals surface area contributed by atoms with Crippen molar-refractivity contribution in [3.63, 3.8) is 0 Å². The highest BCUT2D eigenvalue weighted by Gasteiger charge is 2.21. The van der Waals surface area contributed by atoms with E-state index >= 15 is 0 Å². The molecule has 57 heavy (non-hydrogen) atoms. The van der Waals surface area contributed by atoms with Gasteiger partial charge in [0.2, 0.25) is 0 Å². The highest BCUT2D eigenvalue weighted by Crippen LogP contribution is 2.42. The van der Waals surface area contributed by atoms with Gasteiger partial charge in [0.25, 0.3) is 0 Å². The van der Waals surface area contributed by atoms with E-state index in [1.54, 1.807) is 0 Å². The van der Waals surface area contributed by atoms with Crippen LogP contribution in [0.4, 0.5) is 17.1 Å². The van der Waals surface area contributed by atoms with Crippen molar-refractivity contribution in [2.45, 2.75) is 0 Å². The molecule has 0 spiro atoms. The molecule has 0 atom stereocenters. The monoisotopic (exact) mass is 732 g/mol. The molecule has 0 radical (unpaired) electrons. The van der Waals surface area contributed by atoms with E-state index in [0.717, 1.165) is 88.8 Å². The van der Waals surface area contributed by atoms with Gasteiger partial charge in [-0.2, -0.15) is 0 Å². The lowest BCUT2D eigenvalue weighted by Crippen LogP contribution is -2.09. The van der Waals surface area contributed by atoms with E-state index in [9.17, 15) is 0 Å². The number of fused-ring (bicyclic) bond motifs is 6. The minimum atomic E-state index is 0.578. The molecular formula is C51H32N4O2. The third kappa shape index (κ3) is 5.79. The van der Waals surface area contributed by atoms with Gasteiger partial charge in [0.05, 0.1) is 0 Å². The molecule has 6 heteroatoms. The topological polar surface area (TPSA) is 68.2 Å². The molecule has 268 valence electrons. The second-order valence-corrected chi connectivity index (χ2v) is 14.0. The van der Waals surface area contributed by atoms with Crippen LogP contribution >= 0.6 is 0 Å². The Kier molecular flexibility index (Phi) is 7.71. The van der Waals surface area contributed by atoms with Crippen LogP contribution in [0.5, 0.6) is 0 Å². The Morgan fingerprint density at radius 3 is 1.51 bits per heavy atom. The highest BCUT2D eigenvalue weighted by atomic mass is 16.3. The number of nitrogens with zero attached hydrogens (tertiary/aromatic N) is 4. The molecule has 0 aliphatic rings. The number of hydrogen-bond acceptors (Lipinski definition) is 6. The summed E-state index contributed by atoms with van der Waals surface area (Å²) < 4.78 is 12.9. The molecule has 11 rings (SSSR count).